The zero-order valence-corrected chi connectivity index (χ0v) is 16.7. The van der Waals surface area contributed by atoms with Crippen LogP contribution < -0.4 is 15.0 Å². The summed E-state index contributed by atoms with van der Waals surface area (Å²) < 4.78 is 6.66. The highest BCUT2D eigenvalue weighted by Crippen LogP contribution is 2.20. The molecule has 0 saturated carbocycles. The summed E-state index contributed by atoms with van der Waals surface area (Å²) >= 11 is 3.38. The Morgan fingerprint density at radius 3 is 2.27 bits per heavy atom. The van der Waals surface area contributed by atoms with Crippen molar-refractivity contribution < 1.29 is 9.53 Å². The Bertz CT molecular complexity index is 726. The van der Waals surface area contributed by atoms with Crippen LogP contribution in [-0.4, -0.2) is 50.1 Å². The summed E-state index contributed by atoms with van der Waals surface area (Å²) in [5.74, 6) is 0.501. The van der Waals surface area contributed by atoms with Crippen molar-refractivity contribution in [2.24, 2.45) is 0 Å². The Kier molecular flexibility index (Phi) is 6.16. The van der Waals surface area contributed by atoms with Crippen LogP contribution in [0.5, 0.6) is 5.75 Å². The lowest BCUT2D eigenvalue weighted by atomic mass is 10.2. The van der Waals surface area contributed by atoms with E-state index in [1.165, 1.54) is 5.69 Å². The van der Waals surface area contributed by atoms with Crippen LogP contribution in [0, 0.1) is 0 Å². The lowest BCUT2D eigenvalue weighted by Gasteiger charge is -2.34. The van der Waals surface area contributed by atoms with Crippen molar-refractivity contribution in [3.05, 3.63) is 53.0 Å². The maximum Gasteiger partial charge on any atom is 0.265 e. The molecule has 1 aliphatic rings. The number of likely N-dealkylation sites (N-methyl/N-ethyl adjacent to an activating group) is 1. The van der Waals surface area contributed by atoms with Gasteiger partial charge in [0.15, 0.2) is 6.10 Å². The van der Waals surface area contributed by atoms with E-state index >= 15 is 0 Å². The number of amides is 1. The van der Waals surface area contributed by atoms with E-state index in [4.69, 9.17) is 4.74 Å². The first-order valence-corrected chi connectivity index (χ1v) is 9.57. The highest BCUT2D eigenvalue weighted by atomic mass is 79.9. The van der Waals surface area contributed by atoms with Gasteiger partial charge >= 0.3 is 0 Å². The molecule has 138 valence electrons. The van der Waals surface area contributed by atoms with Gasteiger partial charge < -0.3 is 19.9 Å². The highest BCUT2D eigenvalue weighted by molar-refractivity contribution is 9.10. The summed E-state index contributed by atoms with van der Waals surface area (Å²) in [4.78, 5) is 17.0. The molecule has 0 bridgehead atoms. The molecule has 1 atom stereocenters. The largest absolute Gasteiger partial charge is 0.481 e. The Morgan fingerprint density at radius 2 is 1.65 bits per heavy atom. The minimum absolute atomic E-state index is 0.166. The van der Waals surface area contributed by atoms with Gasteiger partial charge in [0.2, 0.25) is 0 Å². The van der Waals surface area contributed by atoms with Crippen LogP contribution in [-0.2, 0) is 4.79 Å². The summed E-state index contributed by atoms with van der Waals surface area (Å²) in [6.07, 6.45) is -0.575. The molecule has 2 aromatic carbocycles. The van der Waals surface area contributed by atoms with Crippen molar-refractivity contribution in [3.8, 4) is 5.75 Å². The summed E-state index contributed by atoms with van der Waals surface area (Å²) in [6, 6.07) is 15.4. The molecule has 1 saturated heterocycles. The predicted octanol–water partition coefficient (Wildman–Crippen LogP) is 3.61. The first-order valence-electron chi connectivity index (χ1n) is 8.78. The van der Waals surface area contributed by atoms with Gasteiger partial charge in [-0.2, -0.15) is 0 Å². The van der Waals surface area contributed by atoms with Gasteiger partial charge in [-0.25, -0.2) is 0 Å². The normalized spacial score (nSPS) is 16.2. The third-order valence-corrected chi connectivity index (χ3v) is 5.03. The molecule has 5 nitrogen and oxygen atoms in total. The lowest BCUT2D eigenvalue weighted by molar-refractivity contribution is -0.122. The second-order valence-electron chi connectivity index (χ2n) is 6.54. The van der Waals surface area contributed by atoms with E-state index in [9.17, 15) is 4.79 Å². The van der Waals surface area contributed by atoms with E-state index in [1.54, 1.807) is 6.92 Å². The number of hydrogen-bond donors (Lipinski definition) is 1. The quantitative estimate of drug-likeness (QED) is 0.806. The molecule has 1 heterocycles. The van der Waals surface area contributed by atoms with Crippen molar-refractivity contribution in [2.45, 2.75) is 13.0 Å². The molecule has 0 radical (unpaired) electrons. The zero-order valence-electron chi connectivity index (χ0n) is 15.1. The van der Waals surface area contributed by atoms with Gasteiger partial charge in [-0.3, -0.25) is 4.79 Å². The van der Waals surface area contributed by atoms with Crippen LogP contribution in [0.1, 0.15) is 6.92 Å². The molecule has 1 fully saturated rings. The van der Waals surface area contributed by atoms with Gasteiger partial charge in [-0.05, 0) is 62.5 Å². The van der Waals surface area contributed by atoms with Crippen molar-refractivity contribution in [1.82, 2.24) is 4.90 Å². The SMILES string of the molecule is CC(Oc1ccc(Br)cc1)C(=O)Nc1ccc(N2CCN(C)CC2)cc1. The standard InChI is InChI=1S/C20H24BrN3O2/c1-15(26-19-9-3-16(21)4-10-19)20(25)22-17-5-7-18(8-6-17)24-13-11-23(2)12-14-24/h3-10,15H,11-14H2,1-2H3,(H,22,25). The zero-order chi connectivity index (χ0) is 18.5. The molecule has 0 aromatic heterocycles. The summed E-state index contributed by atoms with van der Waals surface area (Å²) in [7, 11) is 2.15. The number of hydrogen-bond acceptors (Lipinski definition) is 4. The van der Waals surface area contributed by atoms with Crippen LogP contribution >= 0.6 is 15.9 Å². The van der Waals surface area contributed by atoms with E-state index in [2.05, 4.69) is 50.2 Å². The Balaban J connectivity index is 1.54. The topological polar surface area (TPSA) is 44.8 Å². The maximum atomic E-state index is 12.3. The summed E-state index contributed by atoms with van der Waals surface area (Å²) in [5.41, 5.74) is 1.97. The second-order valence-corrected chi connectivity index (χ2v) is 7.46. The van der Waals surface area contributed by atoms with Crippen LogP contribution in [0.15, 0.2) is 53.0 Å². The number of carbonyl (C=O) groups is 1. The van der Waals surface area contributed by atoms with Crippen LogP contribution in [0.2, 0.25) is 0 Å². The average molecular weight is 418 g/mol. The molecule has 3 rings (SSSR count). The fourth-order valence-electron chi connectivity index (χ4n) is 2.83. The maximum absolute atomic E-state index is 12.3. The van der Waals surface area contributed by atoms with Gasteiger partial charge in [0.05, 0.1) is 0 Å². The number of nitrogens with one attached hydrogen (secondary N) is 1. The van der Waals surface area contributed by atoms with Crippen molar-refractivity contribution in [2.75, 3.05) is 43.4 Å². The smallest absolute Gasteiger partial charge is 0.265 e. The summed E-state index contributed by atoms with van der Waals surface area (Å²) in [6.45, 7) is 5.95. The van der Waals surface area contributed by atoms with Crippen molar-refractivity contribution >= 4 is 33.2 Å². The number of rotatable bonds is 5. The number of nitrogens with zero attached hydrogens (tertiary/aromatic N) is 2. The van der Waals surface area contributed by atoms with Crippen molar-refractivity contribution in [3.63, 3.8) is 0 Å². The van der Waals surface area contributed by atoms with Gasteiger partial charge in [0.25, 0.3) is 5.91 Å². The molecule has 1 aliphatic heterocycles. The molecule has 26 heavy (non-hydrogen) atoms. The number of benzene rings is 2. The van der Waals surface area contributed by atoms with E-state index in [-0.39, 0.29) is 5.91 Å². The molecular formula is C20H24BrN3O2. The number of anilines is 2. The summed E-state index contributed by atoms with van der Waals surface area (Å²) in [5, 5.41) is 2.91. The van der Waals surface area contributed by atoms with Gasteiger partial charge in [0, 0.05) is 42.0 Å². The van der Waals surface area contributed by atoms with Crippen LogP contribution in [0.3, 0.4) is 0 Å². The molecule has 1 N–H and O–H groups in total. The Labute approximate surface area is 163 Å². The molecule has 1 amide bonds. The van der Waals surface area contributed by atoms with Gasteiger partial charge in [-0.1, -0.05) is 15.9 Å². The molecule has 6 heteroatoms. The third-order valence-electron chi connectivity index (χ3n) is 4.50. The fraction of sp³-hybridized carbons (Fsp3) is 0.350. The third kappa shape index (κ3) is 4.99. The van der Waals surface area contributed by atoms with E-state index in [0.717, 1.165) is 36.3 Å². The van der Waals surface area contributed by atoms with Crippen LogP contribution in [0.4, 0.5) is 11.4 Å². The van der Waals surface area contributed by atoms with Crippen LogP contribution in [0.25, 0.3) is 0 Å². The highest BCUT2D eigenvalue weighted by Gasteiger charge is 2.16. The van der Waals surface area contributed by atoms with Crippen molar-refractivity contribution in [1.29, 1.82) is 0 Å². The minimum Gasteiger partial charge on any atom is -0.481 e. The van der Waals surface area contributed by atoms with E-state index < -0.39 is 6.10 Å². The molecule has 0 aliphatic carbocycles. The minimum atomic E-state index is -0.575. The number of piperazine rings is 1. The molecular weight excluding hydrogens is 394 g/mol. The van der Waals surface area contributed by atoms with Gasteiger partial charge in [-0.15, -0.1) is 0 Å². The predicted molar refractivity (Wildman–Crippen MR) is 109 cm³/mol. The first kappa shape index (κ1) is 18.7. The van der Waals surface area contributed by atoms with E-state index in [0.29, 0.717) is 5.75 Å². The molecule has 0 spiro atoms. The molecule has 1 unspecified atom stereocenters. The number of ether oxygens (including phenoxy) is 1. The Morgan fingerprint density at radius 1 is 1.04 bits per heavy atom. The number of carbonyl (C=O) groups excluding carboxylic acids is 1. The molecule has 2 aromatic rings. The number of halogens is 1. The average Bonchev–Trinajstić information content (AvgIpc) is 2.65. The second kappa shape index (κ2) is 8.56. The Hall–Kier alpha value is -2.05. The fourth-order valence-corrected chi connectivity index (χ4v) is 3.10. The van der Waals surface area contributed by atoms with E-state index in [1.807, 2.05) is 36.4 Å². The van der Waals surface area contributed by atoms with Gasteiger partial charge in [0.1, 0.15) is 5.75 Å². The monoisotopic (exact) mass is 417 g/mol. The first-order chi connectivity index (χ1) is 12.5. The lowest BCUT2D eigenvalue weighted by Crippen LogP contribution is -2.44.